The Bertz CT molecular complexity index is 626. The van der Waals surface area contributed by atoms with Crippen LogP contribution in [0, 0.1) is 0 Å². The van der Waals surface area contributed by atoms with E-state index in [0.717, 1.165) is 11.3 Å². The Hall–Kier alpha value is -2.20. The van der Waals surface area contributed by atoms with E-state index in [1.165, 1.54) is 0 Å². The van der Waals surface area contributed by atoms with Gasteiger partial charge in [0.1, 0.15) is 11.5 Å². The molecule has 0 aliphatic heterocycles. The third kappa shape index (κ3) is 5.49. The quantitative estimate of drug-likeness (QED) is 0.833. The predicted octanol–water partition coefficient (Wildman–Crippen LogP) is 3.99. The van der Waals surface area contributed by atoms with Gasteiger partial charge in [-0.2, -0.15) is 0 Å². The van der Waals surface area contributed by atoms with Crippen molar-refractivity contribution >= 4 is 17.5 Å². The van der Waals surface area contributed by atoms with Gasteiger partial charge in [0.05, 0.1) is 12.6 Å². The van der Waals surface area contributed by atoms with E-state index in [4.69, 9.17) is 21.1 Å². The molecular formula is C18H20ClNO3. The maximum absolute atomic E-state index is 11.9. The van der Waals surface area contributed by atoms with Crippen LogP contribution < -0.4 is 14.8 Å². The fraction of sp³-hybridized carbons (Fsp3) is 0.278. The van der Waals surface area contributed by atoms with Crippen molar-refractivity contribution < 1.29 is 14.3 Å². The van der Waals surface area contributed by atoms with Crippen LogP contribution in [0.15, 0.2) is 48.5 Å². The summed E-state index contributed by atoms with van der Waals surface area (Å²) in [6.07, 6.45) is 0. The molecule has 0 unspecified atom stereocenters. The van der Waals surface area contributed by atoms with E-state index in [9.17, 15) is 4.79 Å². The van der Waals surface area contributed by atoms with Gasteiger partial charge in [-0.25, -0.2) is 0 Å². The van der Waals surface area contributed by atoms with Crippen LogP contribution in [0.25, 0.3) is 0 Å². The van der Waals surface area contributed by atoms with Gasteiger partial charge in [0.25, 0.3) is 5.91 Å². The standard InChI is InChI=1S/C18H20ClNO3/c1-3-22-16-8-4-14(5-9-16)13(2)20-18(21)12-23-17-10-6-15(19)7-11-17/h4-11,13H,3,12H2,1-2H3,(H,20,21)/t13-/m1/s1. The molecule has 1 N–H and O–H groups in total. The first-order valence-electron chi connectivity index (χ1n) is 7.49. The third-order valence-electron chi connectivity index (χ3n) is 3.25. The summed E-state index contributed by atoms with van der Waals surface area (Å²) in [5, 5.41) is 3.53. The Kier molecular flexibility index (Phi) is 6.29. The van der Waals surface area contributed by atoms with Crippen molar-refractivity contribution in [3.63, 3.8) is 0 Å². The lowest BCUT2D eigenvalue weighted by Crippen LogP contribution is -2.31. The molecule has 0 fully saturated rings. The topological polar surface area (TPSA) is 47.6 Å². The molecule has 1 atom stereocenters. The number of nitrogens with one attached hydrogen (secondary N) is 1. The Morgan fingerprint density at radius 1 is 1.04 bits per heavy atom. The molecule has 2 rings (SSSR count). The smallest absolute Gasteiger partial charge is 0.258 e. The molecule has 5 heteroatoms. The lowest BCUT2D eigenvalue weighted by Gasteiger charge is -2.15. The molecule has 0 aromatic heterocycles. The van der Waals surface area contributed by atoms with Crippen molar-refractivity contribution in [3.05, 3.63) is 59.1 Å². The van der Waals surface area contributed by atoms with E-state index in [1.807, 2.05) is 38.1 Å². The molecule has 0 aliphatic carbocycles. The van der Waals surface area contributed by atoms with Gasteiger partial charge in [-0.3, -0.25) is 4.79 Å². The van der Waals surface area contributed by atoms with Gasteiger partial charge in [0.15, 0.2) is 6.61 Å². The molecular weight excluding hydrogens is 314 g/mol. The van der Waals surface area contributed by atoms with Gasteiger partial charge in [0.2, 0.25) is 0 Å². The zero-order chi connectivity index (χ0) is 16.7. The minimum atomic E-state index is -0.179. The Morgan fingerprint density at radius 2 is 1.61 bits per heavy atom. The zero-order valence-electron chi connectivity index (χ0n) is 13.2. The van der Waals surface area contributed by atoms with Crippen LogP contribution >= 0.6 is 11.6 Å². The van der Waals surface area contributed by atoms with Crippen molar-refractivity contribution in [2.45, 2.75) is 19.9 Å². The Labute approximate surface area is 141 Å². The average molecular weight is 334 g/mol. The van der Waals surface area contributed by atoms with Crippen LogP contribution in [0.1, 0.15) is 25.5 Å². The molecule has 0 aliphatic rings. The van der Waals surface area contributed by atoms with Crippen LogP contribution in [-0.2, 0) is 4.79 Å². The van der Waals surface area contributed by atoms with Crippen molar-refractivity contribution in [1.82, 2.24) is 5.32 Å². The second-order valence-corrected chi connectivity index (χ2v) is 5.47. The first-order chi connectivity index (χ1) is 11.1. The van der Waals surface area contributed by atoms with Gasteiger partial charge in [-0.1, -0.05) is 23.7 Å². The lowest BCUT2D eigenvalue weighted by atomic mass is 10.1. The molecule has 1 amide bonds. The summed E-state index contributed by atoms with van der Waals surface area (Å²) >= 11 is 5.80. The fourth-order valence-corrected chi connectivity index (χ4v) is 2.19. The van der Waals surface area contributed by atoms with Crippen LogP contribution in [0.2, 0.25) is 5.02 Å². The number of hydrogen-bond donors (Lipinski definition) is 1. The maximum atomic E-state index is 11.9. The van der Waals surface area contributed by atoms with E-state index in [1.54, 1.807) is 24.3 Å². The molecule has 0 saturated heterocycles. The van der Waals surface area contributed by atoms with E-state index < -0.39 is 0 Å². The third-order valence-corrected chi connectivity index (χ3v) is 3.50. The number of amides is 1. The second kappa shape index (κ2) is 8.44. The number of rotatable bonds is 7. The normalized spacial score (nSPS) is 11.6. The van der Waals surface area contributed by atoms with Crippen LogP contribution in [0.4, 0.5) is 0 Å². The fourth-order valence-electron chi connectivity index (χ4n) is 2.07. The van der Waals surface area contributed by atoms with Gasteiger partial charge in [-0.05, 0) is 55.8 Å². The summed E-state index contributed by atoms with van der Waals surface area (Å²) in [5.41, 5.74) is 1.01. The van der Waals surface area contributed by atoms with Gasteiger partial charge in [0, 0.05) is 5.02 Å². The van der Waals surface area contributed by atoms with Crippen molar-refractivity contribution in [2.75, 3.05) is 13.2 Å². The highest BCUT2D eigenvalue weighted by molar-refractivity contribution is 6.30. The lowest BCUT2D eigenvalue weighted by molar-refractivity contribution is -0.123. The summed E-state index contributed by atoms with van der Waals surface area (Å²) in [4.78, 5) is 11.9. The molecule has 23 heavy (non-hydrogen) atoms. The van der Waals surface area contributed by atoms with Gasteiger partial charge >= 0.3 is 0 Å². The monoisotopic (exact) mass is 333 g/mol. The molecule has 0 saturated carbocycles. The van der Waals surface area contributed by atoms with Crippen molar-refractivity contribution in [3.8, 4) is 11.5 Å². The van der Waals surface area contributed by atoms with Crippen LogP contribution in [-0.4, -0.2) is 19.1 Å². The summed E-state index contributed by atoms with van der Waals surface area (Å²) in [6.45, 7) is 4.46. The van der Waals surface area contributed by atoms with Crippen LogP contribution in [0.3, 0.4) is 0 Å². The van der Waals surface area contributed by atoms with E-state index in [-0.39, 0.29) is 18.6 Å². The number of benzene rings is 2. The Balaban J connectivity index is 1.82. The molecule has 4 nitrogen and oxygen atoms in total. The molecule has 0 spiro atoms. The molecule has 2 aromatic rings. The highest BCUT2D eigenvalue weighted by atomic mass is 35.5. The highest BCUT2D eigenvalue weighted by Gasteiger charge is 2.10. The summed E-state index contributed by atoms with van der Waals surface area (Å²) in [5.74, 6) is 1.25. The first-order valence-corrected chi connectivity index (χ1v) is 7.86. The number of carbonyl (C=O) groups excluding carboxylic acids is 1. The maximum Gasteiger partial charge on any atom is 0.258 e. The first kappa shape index (κ1) is 17.2. The summed E-state index contributed by atoms with van der Waals surface area (Å²) < 4.78 is 10.8. The number of halogens is 1. The largest absolute Gasteiger partial charge is 0.494 e. The summed E-state index contributed by atoms with van der Waals surface area (Å²) in [6, 6.07) is 14.5. The molecule has 0 radical (unpaired) electrons. The van der Waals surface area contributed by atoms with E-state index >= 15 is 0 Å². The van der Waals surface area contributed by atoms with E-state index in [2.05, 4.69) is 5.32 Å². The minimum Gasteiger partial charge on any atom is -0.494 e. The van der Waals surface area contributed by atoms with E-state index in [0.29, 0.717) is 17.4 Å². The predicted molar refractivity (Wildman–Crippen MR) is 91.1 cm³/mol. The SMILES string of the molecule is CCOc1ccc([C@@H](C)NC(=O)COc2ccc(Cl)cc2)cc1. The molecule has 122 valence electrons. The second-order valence-electron chi connectivity index (χ2n) is 5.03. The number of ether oxygens (including phenoxy) is 2. The molecule has 0 bridgehead atoms. The Morgan fingerprint density at radius 3 is 2.22 bits per heavy atom. The average Bonchev–Trinajstić information content (AvgIpc) is 2.55. The molecule has 2 aromatic carbocycles. The summed E-state index contributed by atoms with van der Waals surface area (Å²) in [7, 11) is 0. The minimum absolute atomic E-state index is 0.0387. The van der Waals surface area contributed by atoms with Crippen molar-refractivity contribution in [2.24, 2.45) is 0 Å². The molecule has 0 heterocycles. The van der Waals surface area contributed by atoms with Gasteiger partial charge in [-0.15, -0.1) is 0 Å². The van der Waals surface area contributed by atoms with Crippen LogP contribution in [0.5, 0.6) is 11.5 Å². The highest BCUT2D eigenvalue weighted by Crippen LogP contribution is 2.18. The number of carbonyl (C=O) groups is 1. The van der Waals surface area contributed by atoms with Crippen molar-refractivity contribution in [1.29, 1.82) is 0 Å². The number of hydrogen-bond acceptors (Lipinski definition) is 3. The zero-order valence-corrected chi connectivity index (χ0v) is 14.0. The van der Waals surface area contributed by atoms with Gasteiger partial charge < -0.3 is 14.8 Å².